The van der Waals surface area contributed by atoms with E-state index in [0.717, 1.165) is 4.47 Å². The minimum atomic E-state index is -1.82. The summed E-state index contributed by atoms with van der Waals surface area (Å²) in [5.74, 6) is -2.44. The topological polar surface area (TPSA) is 134 Å². The minimum Gasteiger partial charge on any atom is -0.479 e. The molecule has 1 aliphatic carbocycles. The second kappa shape index (κ2) is 8.18. The second-order valence-electron chi connectivity index (χ2n) is 7.27. The summed E-state index contributed by atoms with van der Waals surface area (Å²) in [5.41, 5.74) is 1.69. The third-order valence-electron chi connectivity index (χ3n) is 5.44. The van der Waals surface area contributed by atoms with Gasteiger partial charge in [-0.25, -0.2) is 4.79 Å². The highest BCUT2D eigenvalue weighted by Gasteiger charge is 2.50. The van der Waals surface area contributed by atoms with E-state index in [9.17, 15) is 30.0 Å². The van der Waals surface area contributed by atoms with E-state index in [1.165, 1.54) is 0 Å². The Balaban J connectivity index is 1.70. The maximum atomic E-state index is 13.1. The maximum absolute atomic E-state index is 13.1. The summed E-state index contributed by atoms with van der Waals surface area (Å²) < 4.78 is 12.0. The SMILES string of the molecule is O=C(O)C1OC(OC2c3ccccc3C(=O)C2c2ccc(Br)cc2)C(O)C(O)C1O. The number of halogens is 1. The van der Waals surface area contributed by atoms with Crippen molar-refractivity contribution in [2.24, 2.45) is 0 Å². The molecule has 4 N–H and O–H groups in total. The Morgan fingerprint density at radius 3 is 2.30 bits per heavy atom. The van der Waals surface area contributed by atoms with Crippen molar-refractivity contribution in [3.63, 3.8) is 0 Å². The van der Waals surface area contributed by atoms with Gasteiger partial charge in [0.25, 0.3) is 0 Å². The average molecular weight is 479 g/mol. The lowest BCUT2D eigenvalue weighted by Gasteiger charge is -2.40. The Kier molecular flexibility index (Phi) is 5.75. The summed E-state index contributed by atoms with van der Waals surface area (Å²) in [7, 11) is 0. The third kappa shape index (κ3) is 3.58. The molecule has 4 rings (SSSR count). The first-order valence-electron chi connectivity index (χ1n) is 9.26. The number of hydrogen-bond donors (Lipinski definition) is 4. The Morgan fingerprint density at radius 1 is 0.967 bits per heavy atom. The molecule has 7 atom stereocenters. The Hall–Kier alpha value is -2.14. The number of carboxylic acid groups (broad SMARTS) is 1. The van der Waals surface area contributed by atoms with Crippen LogP contribution in [0.4, 0.5) is 0 Å². The zero-order chi connectivity index (χ0) is 21.6. The van der Waals surface area contributed by atoms with Crippen LogP contribution in [0.5, 0.6) is 0 Å². The molecule has 0 aromatic heterocycles. The normalized spacial score (nSPS) is 33.3. The van der Waals surface area contributed by atoms with Gasteiger partial charge in [-0.1, -0.05) is 52.3 Å². The summed E-state index contributed by atoms with van der Waals surface area (Å²) in [6.45, 7) is 0. The van der Waals surface area contributed by atoms with Gasteiger partial charge < -0.3 is 29.9 Å². The molecule has 1 fully saturated rings. The number of aliphatic carboxylic acids is 1. The lowest BCUT2D eigenvalue weighted by atomic mass is 9.92. The quantitative estimate of drug-likeness (QED) is 0.517. The highest BCUT2D eigenvalue weighted by molar-refractivity contribution is 9.10. The first-order valence-corrected chi connectivity index (χ1v) is 10.1. The lowest BCUT2D eigenvalue weighted by Crippen LogP contribution is -2.60. The molecule has 0 spiro atoms. The fourth-order valence-electron chi connectivity index (χ4n) is 3.91. The molecule has 2 aliphatic rings. The van der Waals surface area contributed by atoms with E-state index >= 15 is 0 Å². The molecule has 8 nitrogen and oxygen atoms in total. The molecule has 158 valence electrons. The van der Waals surface area contributed by atoms with Gasteiger partial charge in [0, 0.05) is 10.0 Å². The highest BCUT2D eigenvalue weighted by Crippen LogP contribution is 2.46. The van der Waals surface area contributed by atoms with E-state index in [4.69, 9.17) is 9.47 Å². The molecule has 7 unspecified atom stereocenters. The maximum Gasteiger partial charge on any atom is 0.335 e. The first-order chi connectivity index (χ1) is 14.3. The molecule has 30 heavy (non-hydrogen) atoms. The number of aliphatic hydroxyl groups excluding tert-OH is 3. The van der Waals surface area contributed by atoms with Crippen LogP contribution >= 0.6 is 15.9 Å². The van der Waals surface area contributed by atoms with Crippen molar-refractivity contribution in [2.75, 3.05) is 0 Å². The number of Topliss-reactive ketones (excluding diaryl/α,β-unsaturated/α-hetero) is 1. The molecule has 2 aromatic carbocycles. The summed E-state index contributed by atoms with van der Waals surface area (Å²) in [6.07, 6.45) is -9.55. The molecule has 0 saturated carbocycles. The number of ketones is 1. The summed E-state index contributed by atoms with van der Waals surface area (Å²) in [5, 5.41) is 39.5. The van der Waals surface area contributed by atoms with E-state index in [1.54, 1.807) is 48.5 Å². The van der Waals surface area contributed by atoms with Gasteiger partial charge in [-0.15, -0.1) is 0 Å². The zero-order valence-electron chi connectivity index (χ0n) is 15.5. The van der Waals surface area contributed by atoms with Gasteiger partial charge >= 0.3 is 5.97 Å². The van der Waals surface area contributed by atoms with Crippen molar-refractivity contribution < 1.29 is 39.5 Å². The van der Waals surface area contributed by atoms with Crippen LogP contribution in [0.2, 0.25) is 0 Å². The molecule has 0 radical (unpaired) electrons. The van der Waals surface area contributed by atoms with Gasteiger partial charge in [0.1, 0.15) is 24.4 Å². The van der Waals surface area contributed by atoms with Crippen molar-refractivity contribution in [1.29, 1.82) is 0 Å². The Labute approximate surface area is 179 Å². The average Bonchev–Trinajstić information content (AvgIpc) is 3.01. The van der Waals surface area contributed by atoms with Gasteiger partial charge in [0.05, 0.1) is 5.92 Å². The molecule has 1 saturated heterocycles. The second-order valence-corrected chi connectivity index (χ2v) is 8.19. The van der Waals surface area contributed by atoms with Gasteiger partial charge in [0.2, 0.25) is 0 Å². The highest BCUT2D eigenvalue weighted by atomic mass is 79.9. The molecule has 1 heterocycles. The van der Waals surface area contributed by atoms with Crippen LogP contribution in [-0.4, -0.2) is 62.9 Å². The third-order valence-corrected chi connectivity index (χ3v) is 5.97. The lowest BCUT2D eigenvalue weighted by molar-refractivity contribution is -0.305. The van der Waals surface area contributed by atoms with Crippen molar-refractivity contribution in [2.45, 2.75) is 42.7 Å². The minimum absolute atomic E-state index is 0.182. The van der Waals surface area contributed by atoms with Gasteiger partial charge in [-0.05, 0) is 23.3 Å². The van der Waals surface area contributed by atoms with Crippen LogP contribution < -0.4 is 0 Å². The number of rotatable bonds is 4. The molecule has 9 heteroatoms. The van der Waals surface area contributed by atoms with Crippen LogP contribution in [0.3, 0.4) is 0 Å². The number of hydrogen-bond acceptors (Lipinski definition) is 7. The van der Waals surface area contributed by atoms with Crippen LogP contribution in [-0.2, 0) is 14.3 Å². The zero-order valence-corrected chi connectivity index (χ0v) is 17.0. The van der Waals surface area contributed by atoms with Crippen LogP contribution in [0.1, 0.15) is 33.5 Å². The monoisotopic (exact) mass is 478 g/mol. The van der Waals surface area contributed by atoms with Crippen molar-refractivity contribution in [3.8, 4) is 0 Å². The number of carbonyl (C=O) groups is 2. The predicted molar refractivity (Wildman–Crippen MR) is 106 cm³/mol. The number of fused-ring (bicyclic) bond motifs is 1. The molecular formula is C21H19BrO8. The van der Waals surface area contributed by atoms with Crippen molar-refractivity contribution in [3.05, 3.63) is 69.7 Å². The number of ether oxygens (including phenoxy) is 2. The molecule has 0 bridgehead atoms. The molecule has 2 aromatic rings. The van der Waals surface area contributed by atoms with E-state index in [2.05, 4.69) is 15.9 Å². The van der Waals surface area contributed by atoms with E-state index in [1.807, 2.05) is 0 Å². The van der Waals surface area contributed by atoms with Crippen LogP contribution in [0, 0.1) is 0 Å². The van der Waals surface area contributed by atoms with E-state index in [0.29, 0.717) is 16.7 Å². The standard InChI is InChI=1S/C21H19BrO8/c22-10-7-5-9(6-8-10)13-14(23)11-3-1-2-4-12(11)18(13)29-21-17(26)15(24)16(25)19(30-21)20(27)28/h1-8,13,15-19,21,24-26H,(H,27,28). The van der Waals surface area contributed by atoms with Gasteiger partial charge in [-0.2, -0.15) is 0 Å². The number of carbonyl (C=O) groups excluding carboxylic acids is 1. The molecule has 0 amide bonds. The van der Waals surface area contributed by atoms with E-state index in [-0.39, 0.29) is 5.78 Å². The molecular weight excluding hydrogens is 460 g/mol. The fraction of sp³-hybridized carbons (Fsp3) is 0.333. The summed E-state index contributed by atoms with van der Waals surface area (Å²) in [4.78, 5) is 24.5. The Morgan fingerprint density at radius 2 is 1.63 bits per heavy atom. The van der Waals surface area contributed by atoms with Gasteiger partial charge in [0.15, 0.2) is 18.2 Å². The first kappa shape index (κ1) is 21.1. The fourth-order valence-corrected chi connectivity index (χ4v) is 4.18. The van der Waals surface area contributed by atoms with Crippen molar-refractivity contribution >= 4 is 27.7 Å². The summed E-state index contributed by atoms with van der Waals surface area (Å²) in [6, 6.07) is 14.0. The Bertz CT molecular complexity index is 962. The van der Waals surface area contributed by atoms with Gasteiger partial charge in [-0.3, -0.25) is 4.79 Å². The van der Waals surface area contributed by atoms with Crippen molar-refractivity contribution in [1.82, 2.24) is 0 Å². The largest absolute Gasteiger partial charge is 0.479 e. The van der Waals surface area contributed by atoms with Crippen LogP contribution in [0.25, 0.3) is 0 Å². The smallest absolute Gasteiger partial charge is 0.335 e. The number of benzene rings is 2. The molecule has 1 aliphatic heterocycles. The van der Waals surface area contributed by atoms with E-state index < -0.39 is 48.7 Å². The number of carboxylic acids is 1. The summed E-state index contributed by atoms with van der Waals surface area (Å²) >= 11 is 3.36. The number of aliphatic hydroxyl groups is 3. The van der Waals surface area contributed by atoms with Crippen LogP contribution in [0.15, 0.2) is 53.0 Å². The predicted octanol–water partition coefficient (Wildman–Crippen LogP) is 1.38.